The van der Waals surface area contributed by atoms with E-state index in [1.165, 1.54) is 37.6 Å². The Bertz CT molecular complexity index is 1030. The van der Waals surface area contributed by atoms with E-state index in [9.17, 15) is 0 Å². The van der Waals surface area contributed by atoms with Crippen LogP contribution in [0.2, 0.25) is 0 Å². The zero-order valence-electron chi connectivity index (χ0n) is 19.3. The normalized spacial score (nSPS) is 20.8. The minimum absolute atomic E-state index is 0.634. The van der Waals surface area contributed by atoms with Crippen molar-refractivity contribution < 1.29 is 4.39 Å². The van der Waals surface area contributed by atoms with Crippen molar-refractivity contribution in [2.75, 3.05) is 20.6 Å². The van der Waals surface area contributed by atoms with Crippen molar-refractivity contribution in [1.29, 1.82) is 0 Å². The summed E-state index contributed by atoms with van der Waals surface area (Å²) >= 11 is 0. The molecule has 0 unspecified atom stereocenters. The molecule has 1 aliphatic heterocycles. The van der Waals surface area contributed by atoms with Gasteiger partial charge in [0.1, 0.15) is 0 Å². The molecule has 1 saturated carbocycles. The van der Waals surface area contributed by atoms with Crippen molar-refractivity contribution in [1.82, 2.24) is 15.0 Å². The molecule has 4 heterocycles. The second-order valence-electron chi connectivity index (χ2n) is 10.1. The van der Waals surface area contributed by atoms with Gasteiger partial charge in [-0.2, -0.15) is 0 Å². The van der Waals surface area contributed by atoms with Gasteiger partial charge in [-0.25, -0.2) is 0 Å². The molecule has 0 bridgehead atoms. The molecular weight excluding hydrogens is 391 g/mol. The number of pyridine rings is 3. The summed E-state index contributed by atoms with van der Waals surface area (Å²) < 4.78 is 0.830. The Morgan fingerprint density at radius 2 is 1.34 bits per heavy atom. The van der Waals surface area contributed by atoms with Crippen molar-refractivity contribution in [2.24, 2.45) is 5.92 Å². The molecule has 0 saturated heterocycles. The Morgan fingerprint density at radius 3 is 1.88 bits per heavy atom. The zero-order chi connectivity index (χ0) is 22.0. The summed E-state index contributed by atoms with van der Waals surface area (Å²) in [5.41, 5.74) is 6.33. The second kappa shape index (κ2) is 8.63. The monoisotopic (exact) mass is 424 g/mol. The number of quaternary nitrogens is 1. The molecule has 0 amide bonds. The fraction of sp³-hybridized carbons (Fsp3) is 0.370. The molecule has 0 aromatic carbocycles. The third-order valence-electron chi connectivity index (χ3n) is 8.04. The highest BCUT2D eigenvalue weighted by Crippen LogP contribution is 2.44. The predicted molar refractivity (Wildman–Crippen MR) is 133 cm³/mol. The SMILES string of the molecule is C[N+]1(C)CCC(C2CCCCC2)=C(c2ccccn2)[B-]1(c1ccccn1)c1ccccn1. The summed E-state index contributed by atoms with van der Waals surface area (Å²) in [5, 5.41) is 0. The van der Waals surface area contributed by atoms with E-state index in [4.69, 9.17) is 15.0 Å². The van der Waals surface area contributed by atoms with Crippen molar-refractivity contribution in [3.05, 3.63) is 84.5 Å². The molecule has 5 heteroatoms. The summed E-state index contributed by atoms with van der Waals surface area (Å²) in [6, 6.07) is 19.0. The van der Waals surface area contributed by atoms with Gasteiger partial charge in [-0.05, 0) is 54.2 Å². The number of hydrogen-bond acceptors (Lipinski definition) is 3. The van der Waals surface area contributed by atoms with Gasteiger partial charge in [0.15, 0.2) is 0 Å². The van der Waals surface area contributed by atoms with E-state index in [2.05, 4.69) is 50.5 Å². The van der Waals surface area contributed by atoms with Crippen LogP contribution in [-0.4, -0.2) is 46.3 Å². The predicted octanol–water partition coefficient (Wildman–Crippen LogP) is 3.98. The third kappa shape index (κ3) is 3.40. The van der Waals surface area contributed by atoms with Crippen molar-refractivity contribution in [3.8, 4) is 0 Å². The lowest BCUT2D eigenvalue weighted by Crippen LogP contribution is -2.80. The van der Waals surface area contributed by atoms with Gasteiger partial charge in [0.2, 0.25) is 0 Å². The molecule has 0 spiro atoms. The van der Waals surface area contributed by atoms with E-state index in [-0.39, 0.29) is 0 Å². The van der Waals surface area contributed by atoms with Crippen molar-refractivity contribution >= 4 is 22.9 Å². The minimum atomic E-state index is -1.47. The number of aromatic nitrogens is 3. The fourth-order valence-electron chi connectivity index (χ4n) is 6.54. The maximum absolute atomic E-state index is 5.01. The number of nitrogens with zero attached hydrogens (tertiary/aromatic N) is 4. The third-order valence-corrected chi connectivity index (χ3v) is 8.04. The Kier molecular flexibility index (Phi) is 5.68. The van der Waals surface area contributed by atoms with Crippen LogP contribution in [0.4, 0.5) is 0 Å². The zero-order valence-corrected chi connectivity index (χ0v) is 19.3. The molecule has 5 rings (SSSR count). The Hall–Kier alpha value is -2.79. The second-order valence-corrected chi connectivity index (χ2v) is 10.1. The standard InChI is InChI=1S/C27H33BN4/c1-32(2)21-17-23(22-12-4-3-5-13-22)27(24-14-6-9-18-29-24)28(32,25-15-7-10-19-30-25)26-16-8-11-20-31-26/h6-11,14-16,18-20,22H,3-5,12-13,17,21H2,1-2H3. The largest absolute Gasteiger partial charge is 0.506 e. The van der Waals surface area contributed by atoms with Crippen LogP contribution in [0.15, 0.2) is 78.8 Å². The molecular formula is C27H33BN4. The quantitative estimate of drug-likeness (QED) is 0.595. The molecule has 4 nitrogen and oxygen atoms in total. The lowest BCUT2D eigenvalue weighted by atomic mass is 9.21. The van der Waals surface area contributed by atoms with Crippen molar-refractivity contribution in [3.63, 3.8) is 0 Å². The Morgan fingerprint density at radius 1 is 0.750 bits per heavy atom. The van der Waals surface area contributed by atoms with Gasteiger partial charge in [-0.3, -0.25) is 15.0 Å². The molecule has 3 aromatic heterocycles. The van der Waals surface area contributed by atoms with Crippen LogP contribution in [0.3, 0.4) is 0 Å². The van der Waals surface area contributed by atoms with Crippen LogP contribution in [0, 0.1) is 5.92 Å². The molecule has 2 aliphatic rings. The number of rotatable bonds is 4. The van der Waals surface area contributed by atoms with Gasteiger partial charge < -0.3 is 4.39 Å². The molecule has 164 valence electrons. The lowest BCUT2D eigenvalue weighted by molar-refractivity contribution is -0.787. The first-order valence-electron chi connectivity index (χ1n) is 12.1. The first-order valence-corrected chi connectivity index (χ1v) is 12.1. The molecule has 0 atom stereocenters. The highest BCUT2D eigenvalue weighted by molar-refractivity contribution is 7.09. The molecule has 1 aliphatic carbocycles. The van der Waals surface area contributed by atoms with Gasteiger partial charge in [0.05, 0.1) is 0 Å². The Labute approximate surface area is 192 Å². The molecule has 3 aromatic rings. The van der Waals surface area contributed by atoms with Gasteiger partial charge >= 0.3 is 6.28 Å². The average Bonchev–Trinajstić information content (AvgIpc) is 2.85. The van der Waals surface area contributed by atoms with Crippen LogP contribution in [-0.2, 0) is 0 Å². The smallest absolute Gasteiger partial charge is 0.327 e. The summed E-state index contributed by atoms with van der Waals surface area (Å²) in [7, 11) is 4.73. The summed E-state index contributed by atoms with van der Waals surface area (Å²) in [5.74, 6) is 0.634. The molecule has 32 heavy (non-hydrogen) atoms. The van der Waals surface area contributed by atoms with Crippen LogP contribution in [0.1, 0.15) is 44.2 Å². The van der Waals surface area contributed by atoms with Crippen LogP contribution >= 0.6 is 0 Å². The Balaban J connectivity index is 1.89. The highest BCUT2D eigenvalue weighted by atomic mass is 15.3. The van der Waals surface area contributed by atoms with E-state index in [0.29, 0.717) is 5.92 Å². The van der Waals surface area contributed by atoms with E-state index in [0.717, 1.165) is 34.2 Å². The topological polar surface area (TPSA) is 38.7 Å². The maximum Gasteiger partial charge on any atom is 0.327 e. The summed E-state index contributed by atoms with van der Waals surface area (Å²) in [4.78, 5) is 15.0. The van der Waals surface area contributed by atoms with Gasteiger partial charge in [0.25, 0.3) is 0 Å². The summed E-state index contributed by atoms with van der Waals surface area (Å²) in [6.45, 7) is 1.08. The summed E-state index contributed by atoms with van der Waals surface area (Å²) in [6.07, 6.45) is 12.1. The van der Waals surface area contributed by atoms with Gasteiger partial charge in [0, 0.05) is 51.3 Å². The number of hydrogen-bond donors (Lipinski definition) is 0. The van der Waals surface area contributed by atoms with Gasteiger partial charge in [-0.15, -0.1) is 5.47 Å². The average molecular weight is 424 g/mol. The van der Waals surface area contributed by atoms with E-state index in [1.807, 2.05) is 36.8 Å². The maximum atomic E-state index is 5.01. The fourth-order valence-corrected chi connectivity index (χ4v) is 6.54. The van der Waals surface area contributed by atoms with Crippen LogP contribution in [0.25, 0.3) is 5.47 Å². The molecule has 0 N–H and O–H groups in total. The van der Waals surface area contributed by atoms with Gasteiger partial charge in [-0.1, -0.05) is 55.2 Å². The molecule has 0 radical (unpaired) electrons. The van der Waals surface area contributed by atoms with Crippen LogP contribution < -0.4 is 11.2 Å². The first-order chi connectivity index (χ1) is 15.6. The van der Waals surface area contributed by atoms with E-state index < -0.39 is 6.28 Å². The van der Waals surface area contributed by atoms with E-state index in [1.54, 1.807) is 5.57 Å². The van der Waals surface area contributed by atoms with Crippen LogP contribution in [0.5, 0.6) is 0 Å². The van der Waals surface area contributed by atoms with Crippen molar-refractivity contribution in [2.45, 2.75) is 38.5 Å². The van der Waals surface area contributed by atoms with E-state index >= 15 is 0 Å². The first kappa shape index (κ1) is 21.1. The highest BCUT2D eigenvalue weighted by Gasteiger charge is 2.54. The lowest BCUT2D eigenvalue weighted by Gasteiger charge is -2.60. The molecule has 1 fully saturated rings. The minimum Gasteiger partial charge on any atom is -0.506 e.